The first-order chi connectivity index (χ1) is 14.1. The Morgan fingerprint density at radius 2 is 1.76 bits per heavy atom. The molecule has 0 radical (unpaired) electrons. The average molecular weight is 405 g/mol. The van der Waals surface area contributed by atoms with Gasteiger partial charge in [0.05, 0.1) is 5.92 Å². The van der Waals surface area contributed by atoms with E-state index in [1.807, 2.05) is 0 Å². The molecule has 1 amide bonds. The minimum atomic E-state index is -1.26. The number of rotatable bonds is 4. The van der Waals surface area contributed by atoms with Crippen LogP contribution < -0.4 is 11.1 Å². The van der Waals surface area contributed by atoms with Crippen molar-refractivity contribution in [2.24, 2.45) is 35.3 Å². The number of amides is 1. The molecule has 6 unspecified atom stereocenters. The normalized spacial score (nSPS) is 39.1. The van der Waals surface area contributed by atoms with Crippen molar-refractivity contribution in [1.29, 1.82) is 0 Å². The van der Waals surface area contributed by atoms with Gasteiger partial charge in [0.2, 0.25) is 5.91 Å². The fraction of sp³-hybridized carbons (Fsp3) is 0.955. The highest BCUT2D eigenvalue weighted by atomic mass is 16.4. The fourth-order valence-corrected chi connectivity index (χ4v) is 6.98. The Labute approximate surface area is 176 Å². The van der Waals surface area contributed by atoms with Gasteiger partial charge in [-0.1, -0.05) is 25.7 Å². The number of hydrogen-bond donors (Lipinski definition) is 4. The van der Waals surface area contributed by atoms with Crippen molar-refractivity contribution >= 4 is 13.0 Å². The van der Waals surface area contributed by atoms with Gasteiger partial charge in [-0.15, -0.1) is 0 Å². The second kappa shape index (κ2) is 9.67. The summed E-state index contributed by atoms with van der Waals surface area (Å²) in [5.41, 5.74) is 5.92. The van der Waals surface area contributed by atoms with E-state index in [1.165, 1.54) is 25.7 Å². The monoisotopic (exact) mass is 405 g/mol. The van der Waals surface area contributed by atoms with Gasteiger partial charge in [0, 0.05) is 25.7 Å². The van der Waals surface area contributed by atoms with Crippen LogP contribution in [0.15, 0.2) is 0 Å². The number of likely N-dealkylation sites (tertiary alicyclic amines) is 1. The summed E-state index contributed by atoms with van der Waals surface area (Å²) >= 11 is 0. The number of fused-ring (bicyclic) bond motifs is 1. The minimum absolute atomic E-state index is 0.0107. The van der Waals surface area contributed by atoms with E-state index in [4.69, 9.17) is 5.73 Å². The summed E-state index contributed by atoms with van der Waals surface area (Å²) in [7, 11) is -1.26. The molecule has 4 aliphatic rings. The molecule has 2 saturated heterocycles. The Hall–Kier alpha value is -0.625. The molecule has 2 heterocycles. The molecule has 2 saturated carbocycles. The van der Waals surface area contributed by atoms with Crippen molar-refractivity contribution in [2.75, 3.05) is 26.2 Å². The molecule has 4 rings (SSSR count). The molecular weight excluding hydrogens is 365 g/mol. The lowest BCUT2D eigenvalue weighted by atomic mass is 9.55. The first-order valence-electron chi connectivity index (χ1n) is 12.1. The molecule has 6 nitrogen and oxygen atoms in total. The van der Waals surface area contributed by atoms with E-state index in [9.17, 15) is 14.8 Å². The van der Waals surface area contributed by atoms with Gasteiger partial charge in [-0.2, -0.15) is 0 Å². The minimum Gasteiger partial charge on any atom is -0.427 e. The Kier molecular flexibility index (Phi) is 7.20. The summed E-state index contributed by atoms with van der Waals surface area (Å²) in [6, 6.07) is 0.340. The van der Waals surface area contributed by atoms with Gasteiger partial charge in [-0.3, -0.25) is 4.79 Å². The van der Waals surface area contributed by atoms with Gasteiger partial charge in [-0.25, -0.2) is 0 Å². The highest BCUT2D eigenvalue weighted by Crippen LogP contribution is 2.42. The molecule has 164 valence electrons. The molecule has 0 aromatic heterocycles. The number of nitrogens with zero attached hydrogens (tertiary/aromatic N) is 1. The molecular formula is C22H40BN3O3. The van der Waals surface area contributed by atoms with Gasteiger partial charge in [0.15, 0.2) is 0 Å². The molecule has 0 aromatic rings. The first kappa shape index (κ1) is 21.6. The fourth-order valence-electron chi connectivity index (χ4n) is 6.98. The second-order valence-electron chi connectivity index (χ2n) is 10.3. The molecule has 6 atom stereocenters. The molecule has 2 aliphatic carbocycles. The van der Waals surface area contributed by atoms with Crippen molar-refractivity contribution < 1.29 is 14.8 Å². The highest BCUT2D eigenvalue weighted by Gasteiger charge is 2.45. The van der Waals surface area contributed by atoms with Gasteiger partial charge in [0.25, 0.3) is 0 Å². The van der Waals surface area contributed by atoms with Crippen LogP contribution in [0.2, 0.25) is 5.82 Å². The van der Waals surface area contributed by atoms with Crippen molar-refractivity contribution in [1.82, 2.24) is 10.2 Å². The lowest BCUT2D eigenvalue weighted by Gasteiger charge is -2.45. The molecule has 0 bridgehead atoms. The molecule has 29 heavy (non-hydrogen) atoms. The summed E-state index contributed by atoms with van der Waals surface area (Å²) in [4.78, 5) is 15.3. The van der Waals surface area contributed by atoms with Crippen LogP contribution in [0, 0.1) is 29.6 Å². The quantitative estimate of drug-likeness (QED) is 0.533. The van der Waals surface area contributed by atoms with Gasteiger partial charge in [-0.05, 0) is 74.6 Å². The van der Waals surface area contributed by atoms with Crippen molar-refractivity contribution in [2.45, 2.75) is 76.1 Å². The largest absolute Gasteiger partial charge is 0.455 e. The Balaban J connectivity index is 1.29. The zero-order chi connectivity index (χ0) is 20.4. The van der Waals surface area contributed by atoms with E-state index in [2.05, 4.69) is 10.2 Å². The standard InChI is InChI=1S/C22H40BN3O3/c24-13-15-3-1-4-17(11-15)16-7-9-26(10-8-16)22(27)18-12-19-20(23(28)29)5-2-6-21(19)25-14-18/h15-21,25,28-29H,1-14,24H2. The maximum Gasteiger partial charge on any atom is 0.455 e. The average Bonchev–Trinajstić information content (AvgIpc) is 2.77. The van der Waals surface area contributed by atoms with E-state index >= 15 is 0 Å². The van der Waals surface area contributed by atoms with Crippen LogP contribution in [0.1, 0.15) is 64.2 Å². The maximum atomic E-state index is 13.2. The third kappa shape index (κ3) is 4.84. The zero-order valence-corrected chi connectivity index (χ0v) is 17.8. The van der Waals surface area contributed by atoms with Crippen LogP contribution in [0.3, 0.4) is 0 Å². The van der Waals surface area contributed by atoms with Gasteiger partial charge >= 0.3 is 7.12 Å². The smallest absolute Gasteiger partial charge is 0.427 e. The predicted molar refractivity (Wildman–Crippen MR) is 115 cm³/mol. The predicted octanol–water partition coefficient (Wildman–Crippen LogP) is 1.61. The summed E-state index contributed by atoms with van der Waals surface area (Å²) in [6.45, 7) is 3.36. The van der Waals surface area contributed by atoms with Crippen molar-refractivity contribution in [3.8, 4) is 0 Å². The lowest BCUT2D eigenvalue weighted by Crippen LogP contribution is -2.55. The van der Waals surface area contributed by atoms with E-state index in [0.29, 0.717) is 12.0 Å². The topological polar surface area (TPSA) is 98.8 Å². The van der Waals surface area contributed by atoms with Crippen LogP contribution in [0.5, 0.6) is 0 Å². The van der Waals surface area contributed by atoms with E-state index < -0.39 is 7.12 Å². The molecule has 5 N–H and O–H groups in total. The SMILES string of the molecule is NCC1CCCC(C2CCN(C(=O)C3CNC4CCCC(B(O)O)C4C3)CC2)C1. The third-order valence-corrected chi connectivity index (χ3v) is 8.71. The zero-order valence-electron chi connectivity index (χ0n) is 17.8. The van der Waals surface area contributed by atoms with Gasteiger partial charge in [0.1, 0.15) is 0 Å². The Morgan fingerprint density at radius 3 is 2.48 bits per heavy atom. The lowest BCUT2D eigenvalue weighted by molar-refractivity contribution is -0.139. The molecule has 0 aromatic carbocycles. The Bertz CT molecular complexity index is 555. The van der Waals surface area contributed by atoms with Gasteiger partial charge < -0.3 is 26.0 Å². The van der Waals surface area contributed by atoms with Crippen molar-refractivity contribution in [3.05, 3.63) is 0 Å². The number of nitrogens with two attached hydrogens (primary N) is 1. The van der Waals surface area contributed by atoms with Crippen molar-refractivity contribution in [3.63, 3.8) is 0 Å². The van der Waals surface area contributed by atoms with Crippen LogP contribution in [0.4, 0.5) is 0 Å². The number of hydrogen-bond acceptors (Lipinski definition) is 5. The molecule has 4 fully saturated rings. The summed E-state index contributed by atoms with van der Waals surface area (Å²) in [6.07, 6.45) is 11.3. The van der Waals surface area contributed by atoms with Crippen LogP contribution >= 0.6 is 0 Å². The summed E-state index contributed by atoms with van der Waals surface area (Å²) < 4.78 is 0. The number of piperidine rings is 2. The first-order valence-corrected chi connectivity index (χ1v) is 12.1. The number of carbonyl (C=O) groups excluding carboxylic acids is 1. The van der Waals surface area contributed by atoms with Crippen LogP contribution in [-0.2, 0) is 4.79 Å². The second-order valence-corrected chi connectivity index (χ2v) is 10.3. The maximum absolute atomic E-state index is 13.2. The van der Waals surface area contributed by atoms with Crippen LogP contribution in [-0.4, -0.2) is 60.2 Å². The summed E-state index contributed by atoms with van der Waals surface area (Å²) in [5.74, 6) is 2.66. The van der Waals surface area contributed by atoms with E-state index in [0.717, 1.165) is 76.5 Å². The van der Waals surface area contributed by atoms with E-state index in [-0.39, 0.29) is 23.6 Å². The van der Waals surface area contributed by atoms with E-state index in [1.54, 1.807) is 0 Å². The summed E-state index contributed by atoms with van der Waals surface area (Å²) in [5, 5.41) is 23.2. The van der Waals surface area contributed by atoms with Crippen LogP contribution in [0.25, 0.3) is 0 Å². The highest BCUT2D eigenvalue weighted by molar-refractivity contribution is 6.43. The Morgan fingerprint density at radius 1 is 1.00 bits per heavy atom. The third-order valence-electron chi connectivity index (χ3n) is 8.71. The number of carbonyl (C=O) groups is 1. The number of nitrogens with one attached hydrogen (secondary N) is 1. The molecule has 7 heteroatoms. The molecule has 2 aliphatic heterocycles. The molecule has 0 spiro atoms.